The number of aromatic amines is 2. The molecule has 2 fully saturated rings. The average molecular weight is 2180 g/mol. The molecular weight excluding hydrogens is 2040 g/mol. The van der Waals surface area contributed by atoms with Crippen molar-refractivity contribution >= 4 is 218 Å². The van der Waals surface area contributed by atoms with Crippen molar-refractivity contribution in [1.29, 1.82) is 0 Å². The molecule has 0 aliphatic carbocycles. The first kappa shape index (κ1) is 120. The smallest absolute Gasteiger partial charge is 0.243 e. The highest BCUT2D eigenvalue weighted by Crippen LogP contribution is 2.39. The van der Waals surface area contributed by atoms with Gasteiger partial charge in [-0.15, -0.1) is 23.5 Å². The van der Waals surface area contributed by atoms with Crippen LogP contribution in [0.25, 0.3) is 21.8 Å². The molecule has 6 aliphatic heterocycles. The van der Waals surface area contributed by atoms with Crippen molar-refractivity contribution in [2.24, 2.45) is 58.8 Å². The number of nitrogens with zero attached hydrogens (tertiary/aromatic N) is 3. The minimum atomic E-state index is -1.49. The maximum Gasteiger partial charge on any atom is 0.243 e. The van der Waals surface area contributed by atoms with Crippen LogP contribution in [0.15, 0.2) is 46.5 Å². The number of carbonyl (C=O) groups excluding carboxylic acids is 22. The fraction of sp³-hybridized carbons (Fsp3) is 0.627. The average Bonchev–Trinajstić information content (AvgIpc) is 1.64. The first-order valence-electron chi connectivity index (χ1n) is 51.4. The summed E-state index contributed by atoms with van der Waals surface area (Å²) in [4.78, 5) is 322. The fourth-order valence-electron chi connectivity index (χ4n) is 19.1. The van der Waals surface area contributed by atoms with E-state index in [1.807, 2.05) is 0 Å². The number of nitrogens with two attached hydrogens (primary N) is 2. The van der Waals surface area contributed by atoms with Gasteiger partial charge in [-0.05, 0) is 95.9 Å². The Morgan fingerprint density at radius 2 is 0.785 bits per heavy atom. The normalized spacial score (nSPS) is 25.0. The van der Waals surface area contributed by atoms with Crippen LogP contribution in [0.1, 0.15) is 207 Å². The van der Waals surface area contributed by atoms with Gasteiger partial charge < -0.3 is 99.5 Å². The third kappa shape index (κ3) is 34.9. The number of rotatable bonds is 36. The van der Waals surface area contributed by atoms with Crippen LogP contribution in [-0.2, 0) is 131 Å². The summed E-state index contributed by atoms with van der Waals surface area (Å²) in [7, 11) is 6.13. The summed E-state index contributed by atoms with van der Waals surface area (Å²) in [6.07, 6.45) is -4.03. The minimum Gasteiger partial charge on any atom is -0.391 e. The van der Waals surface area contributed by atoms with E-state index in [0.717, 1.165) is 33.3 Å². The molecule has 10 rings (SSSR count). The van der Waals surface area contributed by atoms with E-state index < -0.39 is 278 Å². The lowest BCUT2D eigenvalue weighted by molar-refractivity contribution is -0.145. The van der Waals surface area contributed by atoms with E-state index in [9.17, 15) is 106 Å². The van der Waals surface area contributed by atoms with Crippen LogP contribution >= 0.6 is 66.7 Å². The summed E-state index contributed by atoms with van der Waals surface area (Å²) < 4.78 is 0. The van der Waals surface area contributed by atoms with Gasteiger partial charge in [-0.1, -0.05) is 143 Å². The van der Waals surface area contributed by atoms with Gasteiger partial charge in [-0.2, -0.15) is 0 Å². The molecule has 816 valence electrons. The van der Waals surface area contributed by atoms with Crippen molar-refractivity contribution in [2.45, 2.75) is 281 Å². The monoisotopic (exact) mass is 2180 g/mol. The molecule has 149 heavy (non-hydrogen) atoms. The highest BCUT2D eigenvalue weighted by molar-refractivity contribution is 8.77. The van der Waals surface area contributed by atoms with Gasteiger partial charge >= 0.3 is 0 Å². The number of hydrogen-bond acceptors (Lipinski definition) is 30. The Morgan fingerprint density at radius 1 is 0.423 bits per heavy atom. The summed E-state index contributed by atoms with van der Waals surface area (Å²) in [6, 6.07) is -0.0326. The Labute approximate surface area is 890 Å². The van der Waals surface area contributed by atoms with Gasteiger partial charge in [0, 0.05) is 191 Å². The van der Waals surface area contributed by atoms with E-state index in [-0.39, 0.29) is 118 Å². The quantitative estimate of drug-likeness (QED) is 0.0229. The second kappa shape index (κ2) is 58.2. The molecule has 4 aromatic rings. The number of hydrogen-bond donors (Lipinski definition) is 16. The highest BCUT2D eigenvalue weighted by atomic mass is 33.1. The molecule has 0 spiro atoms. The second-order valence-electron chi connectivity index (χ2n) is 39.7. The molecule has 15 amide bonds. The van der Waals surface area contributed by atoms with E-state index in [1.54, 1.807) is 104 Å². The predicted octanol–water partition coefficient (Wildman–Crippen LogP) is 3.34. The first-order valence-corrected chi connectivity index (χ1v) is 58.3. The number of aliphatic hydroxyl groups is 2. The summed E-state index contributed by atoms with van der Waals surface area (Å²) in [5.41, 5.74) is 14.5. The molecule has 8 heterocycles. The van der Waals surface area contributed by atoms with Crippen LogP contribution in [0.4, 0.5) is 0 Å². The van der Waals surface area contributed by atoms with Crippen molar-refractivity contribution in [3.05, 3.63) is 58.7 Å². The van der Waals surface area contributed by atoms with E-state index in [0.29, 0.717) is 129 Å². The number of aromatic nitrogens is 2. The van der Waals surface area contributed by atoms with E-state index in [2.05, 4.69) is 63.1 Å². The van der Waals surface area contributed by atoms with Crippen LogP contribution in [-0.4, -0.2) is 311 Å². The molecule has 2 saturated heterocycles. The lowest BCUT2D eigenvalue weighted by Crippen LogP contribution is -2.55. The molecule has 41 nitrogen and oxygen atoms in total. The Bertz CT molecular complexity index is 5290. The number of aliphatic hydroxyl groups excluding tert-OH is 2. The van der Waals surface area contributed by atoms with Crippen LogP contribution < -0.4 is 64.6 Å². The summed E-state index contributed by atoms with van der Waals surface area (Å²) in [5.74, 6) is -20.6. The van der Waals surface area contributed by atoms with Gasteiger partial charge in [0.25, 0.3) is 0 Å². The number of amides is 15. The molecule has 2 unspecified atom stereocenters. The highest BCUT2D eigenvalue weighted by Gasteiger charge is 2.48. The van der Waals surface area contributed by atoms with Crippen LogP contribution in [0.3, 0.4) is 0 Å². The number of benzene rings is 2. The van der Waals surface area contributed by atoms with Crippen molar-refractivity contribution < 1.29 is 116 Å². The molecule has 6 aliphatic rings. The summed E-state index contributed by atoms with van der Waals surface area (Å²) >= 11 is 2.11. The number of ketones is 7. The van der Waals surface area contributed by atoms with E-state index in [4.69, 9.17) is 11.5 Å². The van der Waals surface area contributed by atoms with Gasteiger partial charge in [-0.3, -0.25) is 105 Å². The van der Waals surface area contributed by atoms with Crippen LogP contribution in [0, 0.1) is 47.3 Å². The predicted molar refractivity (Wildman–Crippen MR) is 566 cm³/mol. The van der Waals surface area contributed by atoms with Gasteiger partial charge in [-0.25, -0.2) is 0 Å². The first-order chi connectivity index (χ1) is 71.0. The Kier molecular flexibility index (Phi) is 46.9. The van der Waals surface area contributed by atoms with Gasteiger partial charge in [0.2, 0.25) is 88.6 Å². The molecule has 4 bridgehead atoms. The molecule has 18 atom stereocenters. The fourth-order valence-corrected chi connectivity index (χ4v) is 25.5. The molecule has 2 aromatic carbocycles. The number of thioether (sulfide) groups is 2. The molecule has 0 saturated carbocycles. The Hall–Kier alpha value is -10.7. The lowest BCUT2D eigenvalue weighted by atomic mass is 9.86. The topological polar surface area (TPSA) is 630 Å². The van der Waals surface area contributed by atoms with E-state index in [1.165, 1.54) is 43.2 Å². The third-order valence-corrected chi connectivity index (χ3v) is 35.7. The summed E-state index contributed by atoms with van der Waals surface area (Å²) in [5, 5.41) is 50.6. The zero-order valence-electron chi connectivity index (χ0n) is 85.8. The van der Waals surface area contributed by atoms with Crippen LogP contribution in [0.2, 0.25) is 0 Å². The van der Waals surface area contributed by atoms with Gasteiger partial charge in [0.15, 0.2) is 23.1 Å². The maximum atomic E-state index is 15.1. The number of carbonyl (C=O) groups is 22. The van der Waals surface area contributed by atoms with Crippen molar-refractivity contribution in [2.75, 3.05) is 86.9 Å². The molecular formula is C102H143N17O24S6. The standard InChI is InChI=1S/C102H143N17O24S6/c1-10-53(6)89-80(127)37-59-35-70-68-33-57(19-22-72(68)111-99(70)144-51-74(109-84(131)45-107-97(140)91(55(8)12-3)113-86(133)47-105-93(59)136)78(125)39-61(41-82(103)129)101(142)118-49-66(123)43-76(118)95(138)115-89)31-64(121)17-15-27-146-148-29-25-117(88(135)24-21-63(120)14-5)26-30-149-147-28-16-18-65(122)32-58-20-23-73-69(34-58)71-36-60-38-81(128)90(54(7)11-2)116-96(139)77-44-67(124)50-119(77)102(143)62(42-83(104)130)40-79(126)75(52-145-100(71)112-73)110-85(132)46-108-98(141)92(56(9)13-4)114-87(134)48-106-94(60)137/h19-20,22-23,33-34,53-56,59-62,66-67,74-77,89-92,111-112,123-124H,10-18,21,24-32,35-52H2,1-9H3,(H2,103,129)(H2,104,130)(H,105,136)(H,106,137)(H,107,140)(H,108,141)(H,109,131)(H,110,132)(H,113,133)(H,114,134)(H,115,138)(H,116,139)/t53?,54?,55-,56-,59+,60+,61-,62-,66+,67+,74-,75-,76-,77-,89-,90-,91-,92-/m0/s1. The van der Waals surface area contributed by atoms with Crippen LogP contribution in [0.5, 0.6) is 0 Å². The van der Waals surface area contributed by atoms with Gasteiger partial charge in [0.1, 0.15) is 41.5 Å². The maximum absolute atomic E-state index is 15.1. The second-order valence-corrected chi connectivity index (χ2v) is 47.1. The number of Topliss-reactive ketones (excluding diaryl/α,β-unsaturated/α-hetero) is 7. The molecule has 0 radical (unpaired) electrons. The van der Waals surface area contributed by atoms with Gasteiger partial charge in [0.05, 0.1) is 84.4 Å². The van der Waals surface area contributed by atoms with Crippen molar-refractivity contribution in [1.82, 2.24) is 77.8 Å². The third-order valence-electron chi connectivity index (χ3n) is 28.5. The number of H-pyrrole nitrogens is 2. The number of fused-ring (bicyclic) bond motifs is 10. The Morgan fingerprint density at radius 3 is 1.15 bits per heavy atom. The number of primary amides is 2. The number of nitrogens with one attached hydrogen (secondary N) is 12. The summed E-state index contributed by atoms with van der Waals surface area (Å²) in [6.45, 7) is 13.1. The van der Waals surface area contributed by atoms with Crippen molar-refractivity contribution in [3.8, 4) is 0 Å². The van der Waals surface area contributed by atoms with Crippen molar-refractivity contribution in [3.63, 3.8) is 0 Å². The zero-order chi connectivity index (χ0) is 109. The SMILES string of the molecule is CCC(=O)CCC(=O)N(CCSSCCCC(=O)Cc1ccc2[nH]c3c(c2c1)C[C@@H]1CC(=O)[C@H](C(C)CC)NC(=O)[C@@H]2C[C@@H](O)CN2C(=O)[C@H](CC(N)=O)CC(=O)[C@H](CS3)NC(=O)CNC(=O)[C@H]([C@@H](C)CC)NC(=O)CNC1=O)CCSSCCCC(=O)Cc1ccc2[nH]c3c(c2c1)C[C@@H]1CC(=O)[C@H](C(C)CC)NC(=O)[C@@H]2C[C@@H](O)CN2C(=O)[C@H](CC(N)=O)CC(=O)[C@H](CS3)NC(=O)CNC(=O)[C@H]([C@@H](C)CC)NC(=O)CNC1=O. The van der Waals surface area contributed by atoms with E-state index >= 15 is 9.59 Å². The molecule has 47 heteroatoms. The Balaban J connectivity index is 0.795. The largest absolute Gasteiger partial charge is 0.391 e. The molecule has 2 aromatic heterocycles. The molecule has 18 N–H and O–H groups in total. The minimum absolute atomic E-state index is 0.0227. The zero-order valence-corrected chi connectivity index (χ0v) is 90.7. The lowest BCUT2D eigenvalue weighted by Gasteiger charge is -2.31.